The SMILES string of the molecule is CCC1SC(CC)C(=O)N(CC(=O)Nc2ccccc2F)C1=O. The molecular formula is C16H19FN2O3S. The van der Waals surface area contributed by atoms with Gasteiger partial charge in [-0.2, -0.15) is 0 Å². The number of carbonyl (C=O) groups excluding carboxylic acids is 3. The minimum atomic E-state index is -0.589. The summed E-state index contributed by atoms with van der Waals surface area (Å²) in [7, 11) is 0. The molecule has 0 radical (unpaired) electrons. The Hall–Kier alpha value is -1.89. The maximum absolute atomic E-state index is 13.5. The van der Waals surface area contributed by atoms with E-state index in [1.807, 2.05) is 13.8 Å². The third-order valence-electron chi connectivity index (χ3n) is 3.60. The van der Waals surface area contributed by atoms with Crippen molar-refractivity contribution in [2.24, 2.45) is 0 Å². The van der Waals surface area contributed by atoms with E-state index in [1.54, 1.807) is 6.07 Å². The van der Waals surface area contributed by atoms with E-state index in [2.05, 4.69) is 5.32 Å². The molecule has 0 bridgehead atoms. The maximum atomic E-state index is 13.5. The lowest BCUT2D eigenvalue weighted by Crippen LogP contribution is -2.53. The molecule has 0 aromatic heterocycles. The van der Waals surface area contributed by atoms with Gasteiger partial charge in [0.15, 0.2) is 0 Å². The Morgan fingerprint density at radius 2 is 1.74 bits per heavy atom. The minimum Gasteiger partial charge on any atom is -0.322 e. The van der Waals surface area contributed by atoms with Crippen LogP contribution in [0.1, 0.15) is 26.7 Å². The summed E-state index contributed by atoms with van der Waals surface area (Å²) in [6, 6.07) is 5.75. The van der Waals surface area contributed by atoms with Crippen LogP contribution >= 0.6 is 11.8 Å². The molecule has 0 saturated carbocycles. The van der Waals surface area contributed by atoms with Gasteiger partial charge in [-0.3, -0.25) is 19.3 Å². The normalized spacial score (nSPS) is 21.4. The first-order valence-electron chi connectivity index (χ1n) is 7.53. The van der Waals surface area contributed by atoms with Crippen molar-refractivity contribution in [1.29, 1.82) is 0 Å². The molecule has 2 atom stereocenters. The van der Waals surface area contributed by atoms with Gasteiger partial charge in [-0.1, -0.05) is 26.0 Å². The van der Waals surface area contributed by atoms with Crippen molar-refractivity contribution in [3.05, 3.63) is 30.1 Å². The standard InChI is InChI=1S/C16H19FN2O3S/c1-3-12-15(21)19(16(22)13(4-2)23-12)9-14(20)18-11-8-6-5-7-10(11)17/h5-8,12-13H,3-4,9H2,1-2H3,(H,18,20). The molecule has 1 heterocycles. The third kappa shape index (κ3) is 3.90. The summed E-state index contributed by atoms with van der Waals surface area (Å²) in [5, 5.41) is 1.76. The van der Waals surface area contributed by atoms with Gasteiger partial charge in [0.1, 0.15) is 12.4 Å². The number of nitrogens with zero attached hydrogens (tertiary/aromatic N) is 1. The van der Waals surface area contributed by atoms with Gasteiger partial charge in [0.2, 0.25) is 17.7 Å². The number of nitrogens with one attached hydrogen (secondary N) is 1. The van der Waals surface area contributed by atoms with Gasteiger partial charge in [0, 0.05) is 0 Å². The van der Waals surface area contributed by atoms with E-state index in [-0.39, 0.29) is 34.5 Å². The van der Waals surface area contributed by atoms with Crippen molar-refractivity contribution < 1.29 is 18.8 Å². The summed E-state index contributed by atoms with van der Waals surface area (Å²) in [6.45, 7) is 3.35. The summed E-state index contributed by atoms with van der Waals surface area (Å²) in [5.41, 5.74) is 0.0304. The second-order valence-corrected chi connectivity index (χ2v) is 6.63. The van der Waals surface area contributed by atoms with Gasteiger partial charge >= 0.3 is 0 Å². The molecule has 1 aromatic carbocycles. The van der Waals surface area contributed by atoms with Gasteiger partial charge in [-0.15, -0.1) is 11.8 Å². The van der Waals surface area contributed by atoms with Crippen molar-refractivity contribution in [2.45, 2.75) is 37.2 Å². The van der Waals surface area contributed by atoms with Crippen LogP contribution in [-0.2, 0) is 14.4 Å². The monoisotopic (exact) mass is 338 g/mol. The molecule has 3 amide bonds. The first kappa shape index (κ1) is 17.5. The molecule has 1 saturated heterocycles. The number of hydrogen-bond acceptors (Lipinski definition) is 4. The lowest BCUT2D eigenvalue weighted by molar-refractivity contribution is -0.147. The Kier molecular flexibility index (Phi) is 5.76. The number of amides is 3. The van der Waals surface area contributed by atoms with Crippen molar-refractivity contribution >= 4 is 35.2 Å². The summed E-state index contributed by atoms with van der Waals surface area (Å²) in [5.74, 6) is -1.86. The highest BCUT2D eigenvalue weighted by molar-refractivity contribution is 8.02. The molecule has 1 aromatic rings. The number of benzene rings is 1. The van der Waals surface area contributed by atoms with E-state index in [4.69, 9.17) is 0 Å². The Bertz CT molecular complexity index is 601. The first-order chi connectivity index (χ1) is 11.0. The molecule has 1 N–H and O–H groups in total. The number of imide groups is 1. The second kappa shape index (κ2) is 7.59. The number of anilines is 1. The molecule has 1 aliphatic rings. The molecule has 1 fully saturated rings. The highest BCUT2D eigenvalue weighted by Crippen LogP contribution is 2.31. The van der Waals surface area contributed by atoms with Crippen LogP contribution in [0.3, 0.4) is 0 Å². The van der Waals surface area contributed by atoms with Crippen LogP contribution in [0.4, 0.5) is 10.1 Å². The zero-order valence-corrected chi connectivity index (χ0v) is 13.9. The van der Waals surface area contributed by atoms with Crippen LogP contribution in [-0.4, -0.2) is 39.7 Å². The number of carbonyl (C=O) groups is 3. The Morgan fingerprint density at radius 3 is 2.26 bits per heavy atom. The highest BCUT2D eigenvalue weighted by atomic mass is 32.2. The van der Waals surface area contributed by atoms with E-state index < -0.39 is 11.7 Å². The van der Waals surface area contributed by atoms with Crippen LogP contribution in [0.2, 0.25) is 0 Å². The molecule has 124 valence electrons. The largest absolute Gasteiger partial charge is 0.322 e. The topological polar surface area (TPSA) is 66.5 Å². The Labute approximate surface area is 138 Å². The quantitative estimate of drug-likeness (QED) is 0.838. The third-order valence-corrected chi connectivity index (χ3v) is 5.33. The summed E-state index contributed by atoms with van der Waals surface area (Å²) >= 11 is 1.35. The van der Waals surface area contributed by atoms with E-state index >= 15 is 0 Å². The predicted molar refractivity (Wildman–Crippen MR) is 87.5 cm³/mol. The number of halogens is 1. The lowest BCUT2D eigenvalue weighted by Gasteiger charge is -2.34. The first-order valence-corrected chi connectivity index (χ1v) is 8.47. The second-order valence-electron chi connectivity index (χ2n) is 5.22. The van der Waals surface area contributed by atoms with E-state index in [9.17, 15) is 18.8 Å². The van der Waals surface area contributed by atoms with Crippen molar-refractivity contribution in [1.82, 2.24) is 4.90 Å². The van der Waals surface area contributed by atoms with Crippen molar-refractivity contribution in [3.63, 3.8) is 0 Å². The van der Waals surface area contributed by atoms with E-state index in [1.165, 1.54) is 30.0 Å². The number of hydrogen-bond donors (Lipinski definition) is 1. The van der Waals surface area contributed by atoms with Gasteiger partial charge < -0.3 is 5.32 Å². The van der Waals surface area contributed by atoms with E-state index in [0.717, 1.165) is 4.90 Å². The van der Waals surface area contributed by atoms with Gasteiger partial charge in [-0.05, 0) is 25.0 Å². The van der Waals surface area contributed by atoms with Crippen molar-refractivity contribution in [3.8, 4) is 0 Å². The van der Waals surface area contributed by atoms with Gasteiger partial charge in [-0.25, -0.2) is 4.39 Å². The average Bonchev–Trinajstić information content (AvgIpc) is 2.54. The smallest absolute Gasteiger partial charge is 0.244 e. The summed E-state index contributed by atoms with van der Waals surface area (Å²) < 4.78 is 13.5. The molecule has 0 aliphatic carbocycles. The van der Waals surface area contributed by atoms with E-state index in [0.29, 0.717) is 12.8 Å². The predicted octanol–water partition coefficient (Wildman–Crippen LogP) is 2.42. The average molecular weight is 338 g/mol. The fraction of sp³-hybridized carbons (Fsp3) is 0.438. The fourth-order valence-electron chi connectivity index (χ4n) is 2.36. The van der Waals surface area contributed by atoms with Crippen molar-refractivity contribution in [2.75, 3.05) is 11.9 Å². The van der Waals surface area contributed by atoms with Gasteiger partial charge in [0.05, 0.1) is 16.2 Å². The molecule has 2 rings (SSSR count). The molecule has 7 heteroatoms. The Balaban J connectivity index is 2.10. The molecule has 0 spiro atoms. The summed E-state index contributed by atoms with van der Waals surface area (Å²) in [4.78, 5) is 37.7. The zero-order valence-electron chi connectivity index (χ0n) is 13.0. The van der Waals surface area contributed by atoms with Crippen LogP contribution in [0, 0.1) is 5.82 Å². The minimum absolute atomic E-state index is 0.0304. The van der Waals surface area contributed by atoms with Crippen LogP contribution in [0.15, 0.2) is 24.3 Å². The number of rotatable bonds is 5. The summed E-state index contributed by atoms with van der Waals surface area (Å²) in [6.07, 6.45) is 1.19. The van der Waals surface area contributed by atoms with Crippen LogP contribution in [0.5, 0.6) is 0 Å². The fourth-order valence-corrected chi connectivity index (χ4v) is 3.63. The number of thioether (sulfide) groups is 1. The lowest BCUT2D eigenvalue weighted by atomic mass is 10.2. The van der Waals surface area contributed by atoms with Crippen LogP contribution < -0.4 is 5.32 Å². The molecular weight excluding hydrogens is 319 g/mol. The molecule has 23 heavy (non-hydrogen) atoms. The molecule has 1 aliphatic heterocycles. The van der Waals surface area contributed by atoms with Gasteiger partial charge in [0.25, 0.3) is 0 Å². The Morgan fingerprint density at radius 1 is 1.17 bits per heavy atom. The molecule has 5 nitrogen and oxygen atoms in total. The van der Waals surface area contributed by atoms with Crippen LogP contribution in [0.25, 0.3) is 0 Å². The number of para-hydroxylation sites is 1. The zero-order chi connectivity index (χ0) is 17.0. The maximum Gasteiger partial charge on any atom is 0.244 e. The highest BCUT2D eigenvalue weighted by Gasteiger charge is 2.40. The molecule has 2 unspecified atom stereocenters.